The van der Waals surface area contributed by atoms with Crippen molar-refractivity contribution in [3.63, 3.8) is 0 Å². The molecule has 554 valence electrons. The molecule has 9 aromatic carbocycles. The number of hydrogen-bond acceptors (Lipinski definition) is 16. The van der Waals surface area contributed by atoms with Crippen LogP contribution < -0.4 is 0 Å². The van der Waals surface area contributed by atoms with Gasteiger partial charge in [0, 0.05) is 114 Å². The van der Waals surface area contributed by atoms with Crippen molar-refractivity contribution in [2.75, 3.05) is 0 Å². The second-order valence-corrected chi connectivity index (χ2v) is 27.5. The van der Waals surface area contributed by atoms with E-state index in [0.29, 0.717) is 18.4 Å². The molecule has 16 nitrogen and oxygen atoms in total. The Labute approximate surface area is 647 Å². The predicted octanol–water partition coefficient (Wildman–Crippen LogP) is 23.1. The third-order valence-corrected chi connectivity index (χ3v) is 19.3. The van der Waals surface area contributed by atoms with E-state index < -0.39 is 5.60 Å². The zero-order valence-corrected chi connectivity index (χ0v) is 62.8. The number of oxime groups is 6. The lowest BCUT2D eigenvalue weighted by molar-refractivity contribution is 0.0247. The summed E-state index contributed by atoms with van der Waals surface area (Å²) < 4.78 is 14.2. The molecule has 0 radical (unpaired) electrons. The van der Waals surface area contributed by atoms with E-state index in [1.54, 1.807) is 12.3 Å². The smallest absolute Gasteiger partial charge is 0.253 e. The summed E-state index contributed by atoms with van der Waals surface area (Å²) >= 11 is 0. The fraction of sp³-hybridized carbons (Fsp3) is 0.191. The number of benzene rings is 9. The first-order valence-electron chi connectivity index (χ1n) is 37.1. The number of rotatable bonds is 12. The molecule has 0 saturated heterocycles. The van der Waals surface area contributed by atoms with E-state index in [1.165, 1.54) is 45.0 Å². The van der Waals surface area contributed by atoms with Gasteiger partial charge in [-0.3, -0.25) is 15.0 Å². The molecule has 0 amide bonds. The van der Waals surface area contributed by atoms with Gasteiger partial charge in [-0.25, -0.2) is 4.39 Å². The van der Waals surface area contributed by atoms with Gasteiger partial charge in [0.05, 0.1) is 40.0 Å². The minimum Gasteiger partial charge on any atom is -0.387 e. The molecule has 0 N–H and O–H groups in total. The van der Waals surface area contributed by atoms with Crippen molar-refractivity contribution in [3.8, 4) is 73.0 Å². The first kappa shape index (κ1) is 75.9. The minimum atomic E-state index is -1.00. The number of nitriles is 1. The monoisotopic (exact) mass is 1470 g/mol. The highest BCUT2D eigenvalue weighted by atomic mass is 19.1. The zero-order valence-electron chi connectivity index (χ0n) is 62.8. The van der Waals surface area contributed by atoms with Crippen LogP contribution in [0.5, 0.6) is 0 Å². The molecule has 111 heavy (non-hydrogen) atoms. The van der Waals surface area contributed by atoms with Crippen LogP contribution in [0.4, 0.5) is 4.39 Å². The average Bonchev–Trinajstić information content (AvgIpc) is 1.70. The van der Waals surface area contributed by atoms with Crippen LogP contribution in [-0.2, 0) is 34.6 Å². The van der Waals surface area contributed by atoms with Crippen LogP contribution in [0.25, 0.3) is 66.9 Å². The van der Waals surface area contributed by atoms with Gasteiger partial charge in [0.15, 0.2) is 30.5 Å². The van der Waals surface area contributed by atoms with Crippen LogP contribution in [0.1, 0.15) is 144 Å². The lowest BCUT2D eigenvalue weighted by atomic mass is 9.85. The molecule has 0 spiro atoms. The normalized spacial score (nSPS) is 18.7. The molecule has 0 bridgehead atoms. The molecule has 17 heteroatoms. The topological polar surface area (TPSA) is 192 Å². The summed E-state index contributed by atoms with van der Waals surface area (Å²) in [4.78, 5) is 45.4. The van der Waals surface area contributed by atoms with Crippen molar-refractivity contribution in [1.29, 1.82) is 5.26 Å². The molecular formula is C94H85FN10O6. The molecule has 6 atom stereocenters. The van der Waals surface area contributed by atoms with Crippen LogP contribution in [0.15, 0.2) is 335 Å². The molecule has 9 heterocycles. The summed E-state index contributed by atoms with van der Waals surface area (Å²) in [5, 5.41) is 33.6. The Hall–Kier alpha value is -13.3. The quantitative estimate of drug-likeness (QED) is 0.114. The van der Waals surface area contributed by atoms with Gasteiger partial charge in [0.2, 0.25) is 0 Å². The van der Waals surface area contributed by atoms with E-state index in [2.05, 4.69) is 143 Å². The summed E-state index contributed by atoms with van der Waals surface area (Å²) in [6.07, 6.45) is 13.5. The number of nitrogens with zero attached hydrogens (tertiary/aromatic N) is 10. The largest absolute Gasteiger partial charge is 0.387 e. The van der Waals surface area contributed by atoms with Gasteiger partial charge in [0.1, 0.15) is 11.9 Å². The van der Waals surface area contributed by atoms with Crippen LogP contribution in [0.3, 0.4) is 0 Å². The fourth-order valence-electron chi connectivity index (χ4n) is 13.9. The summed E-state index contributed by atoms with van der Waals surface area (Å²) in [7, 11) is 0. The lowest BCUT2D eigenvalue weighted by Crippen LogP contribution is -2.24. The fourth-order valence-corrected chi connectivity index (χ4v) is 13.9. The highest BCUT2D eigenvalue weighted by Gasteiger charge is 2.42. The lowest BCUT2D eigenvalue weighted by Gasteiger charge is -2.22. The molecule has 0 unspecified atom stereocenters. The van der Waals surface area contributed by atoms with Crippen molar-refractivity contribution < 1.29 is 33.4 Å². The maximum absolute atomic E-state index is 14.2. The van der Waals surface area contributed by atoms with E-state index >= 15 is 0 Å². The molecule has 6 aliphatic heterocycles. The SMILES string of the molecule is CC1=NO[C@@H](c2c(F)cccc2-c2ccccc2)C1.CC1=NO[C@@H](c2ccccc2-c2ccccc2)C1.CC1=NO[C@@H](c2ccccc2-c2ccccn2)C1.CC1=NO[C@@H](c2ccccc2-c2cccnc2)C1.CC1=NO[C@@H](c2ccccc2-c2ccncc2)C1.CC1=NO[C@@](C#N)(c2ccccc2-c2ccccc2)C1. The molecule has 12 aromatic rings. The predicted molar refractivity (Wildman–Crippen MR) is 438 cm³/mol. The summed E-state index contributed by atoms with van der Waals surface area (Å²) in [6, 6.07) is 92.6. The number of halogens is 1. The number of pyridine rings is 3. The highest BCUT2D eigenvalue weighted by Crippen LogP contribution is 2.43. The molecule has 6 aliphatic rings. The molecule has 0 fully saturated rings. The second kappa shape index (κ2) is 37.0. The Balaban J connectivity index is 0.000000117. The Kier molecular flexibility index (Phi) is 25.3. The molecule has 3 aromatic heterocycles. The summed E-state index contributed by atoms with van der Waals surface area (Å²) in [6.45, 7) is 11.8. The van der Waals surface area contributed by atoms with Crippen molar-refractivity contribution in [1.82, 2.24) is 15.0 Å². The molecule has 0 aliphatic carbocycles. The van der Waals surface area contributed by atoms with E-state index in [4.69, 9.17) is 29.0 Å². The van der Waals surface area contributed by atoms with Gasteiger partial charge >= 0.3 is 0 Å². The Bertz CT molecular complexity index is 4930. The van der Waals surface area contributed by atoms with Gasteiger partial charge < -0.3 is 29.0 Å². The maximum Gasteiger partial charge on any atom is 0.253 e. The average molecular weight is 1470 g/mol. The van der Waals surface area contributed by atoms with Crippen molar-refractivity contribution in [3.05, 3.63) is 343 Å². The van der Waals surface area contributed by atoms with Gasteiger partial charge in [-0.1, -0.05) is 268 Å². The third-order valence-electron chi connectivity index (χ3n) is 19.3. The second-order valence-electron chi connectivity index (χ2n) is 27.5. The van der Waals surface area contributed by atoms with E-state index in [-0.39, 0.29) is 36.3 Å². The minimum absolute atomic E-state index is 0.0169. The standard InChI is InChI=1S/C17H14N2O.C16H14FNO.C16H15NO.3C15H14N2O/c1-13-11-17(12-18,20-19-13)16-10-6-5-9-15(16)14-7-3-2-4-8-14;1-11-10-15(19-18-11)16-13(8-5-9-14(16)17)12-6-3-2-4-7-12;1-12-11-16(18-17-12)15-10-6-5-9-14(15)13-7-3-2-4-8-13;1-11-9-15(18-17-11)14-7-3-2-6-13(14)12-5-4-8-16-10-12;1-11-10-15(18-17-11)13-7-3-2-6-12(13)14-8-4-5-9-16-14;1-11-10-15(18-17-11)14-5-3-2-4-13(14)12-6-8-16-9-7-12/h2-10H,11H2,1H3;2-9,15H,10H2,1H3;2-10,16H,11H2,1H3;2-8,10,15H,9H2,1H3;2*2-9,15H,10H2,1H3/t17-;15-;16-;3*15-/m011111/s1. The summed E-state index contributed by atoms with van der Waals surface area (Å²) in [5.74, 6) is -0.240. The third kappa shape index (κ3) is 19.2. The Morgan fingerprint density at radius 1 is 0.324 bits per heavy atom. The van der Waals surface area contributed by atoms with Crippen molar-refractivity contribution in [2.24, 2.45) is 30.9 Å². The van der Waals surface area contributed by atoms with Crippen LogP contribution in [0, 0.1) is 17.1 Å². The number of hydrogen-bond donors (Lipinski definition) is 0. The van der Waals surface area contributed by atoms with Crippen LogP contribution in [0.2, 0.25) is 0 Å². The van der Waals surface area contributed by atoms with E-state index in [9.17, 15) is 9.65 Å². The van der Waals surface area contributed by atoms with Crippen molar-refractivity contribution >= 4 is 34.3 Å². The molecule has 18 rings (SSSR count). The zero-order chi connectivity index (χ0) is 76.7. The van der Waals surface area contributed by atoms with Gasteiger partial charge in [0.25, 0.3) is 5.60 Å². The maximum atomic E-state index is 14.2. The first-order valence-corrected chi connectivity index (χ1v) is 37.1. The Morgan fingerprint density at radius 3 is 1.13 bits per heavy atom. The molecule has 0 saturated carbocycles. The van der Waals surface area contributed by atoms with Gasteiger partial charge in [-0.05, 0) is 128 Å². The van der Waals surface area contributed by atoms with E-state index in [1.807, 2.05) is 236 Å². The van der Waals surface area contributed by atoms with Crippen molar-refractivity contribution in [2.45, 2.75) is 116 Å². The first-order chi connectivity index (χ1) is 54.4. The number of aromatic nitrogens is 3. The van der Waals surface area contributed by atoms with Gasteiger partial charge in [-0.2, -0.15) is 5.26 Å². The molecular weight excluding hydrogens is 1380 g/mol. The van der Waals surface area contributed by atoms with Gasteiger partial charge in [-0.15, -0.1) is 0 Å². The highest BCUT2D eigenvalue weighted by molar-refractivity contribution is 5.88. The van der Waals surface area contributed by atoms with Crippen LogP contribution >= 0.6 is 0 Å². The van der Waals surface area contributed by atoms with E-state index in [0.717, 1.165) is 116 Å². The summed E-state index contributed by atoms with van der Waals surface area (Å²) in [5.41, 5.74) is 24.2. The van der Waals surface area contributed by atoms with Crippen LogP contribution in [-0.4, -0.2) is 49.2 Å². The Morgan fingerprint density at radius 2 is 0.703 bits per heavy atom.